The molecule has 0 aliphatic carbocycles. The van der Waals surface area contributed by atoms with Gasteiger partial charge in [-0.05, 0) is 42.5 Å². The summed E-state index contributed by atoms with van der Waals surface area (Å²) < 4.78 is 64.4. The van der Waals surface area contributed by atoms with Crippen LogP contribution in [0.25, 0.3) is 0 Å². The van der Waals surface area contributed by atoms with Crippen LogP contribution in [-0.2, 0) is 16.2 Å². The first-order valence-corrected chi connectivity index (χ1v) is 7.92. The van der Waals surface area contributed by atoms with Crippen LogP contribution in [-0.4, -0.2) is 8.42 Å². The van der Waals surface area contributed by atoms with Gasteiger partial charge in [-0.3, -0.25) is 4.72 Å². The summed E-state index contributed by atoms with van der Waals surface area (Å²) in [6.07, 6.45) is -4.50. The summed E-state index contributed by atoms with van der Waals surface area (Å²) in [5.74, 6) is 0. The maximum atomic E-state index is 12.4. The Morgan fingerprint density at radius 1 is 1.00 bits per heavy atom. The van der Waals surface area contributed by atoms with Crippen LogP contribution in [0.15, 0.2) is 57.9 Å². The van der Waals surface area contributed by atoms with Crippen LogP contribution in [0.5, 0.6) is 0 Å². The van der Waals surface area contributed by atoms with E-state index in [9.17, 15) is 21.6 Å². The van der Waals surface area contributed by atoms with Gasteiger partial charge in [0.25, 0.3) is 10.0 Å². The van der Waals surface area contributed by atoms with Crippen molar-refractivity contribution in [1.82, 2.24) is 0 Å². The number of halogens is 4. The summed E-state index contributed by atoms with van der Waals surface area (Å²) in [5.41, 5.74) is -0.590. The van der Waals surface area contributed by atoms with Crippen molar-refractivity contribution < 1.29 is 21.6 Å². The van der Waals surface area contributed by atoms with Gasteiger partial charge < -0.3 is 0 Å². The molecule has 0 unspecified atom stereocenters. The van der Waals surface area contributed by atoms with Crippen molar-refractivity contribution in [2.75, 3.05) is 4.72 Å². The minimum atomic E-state index is -4.50. The Kier molecular flexibility index (Phi) is 4.29. The summed E-state index contributed by atoms with van der Waals surface area (Å²) in [4.78, 5) is -0.240. The third kappa shape index (κ3) is 3.98. The van der Waals surface area contributed by atoms with Crippen LogP contribution in [0.1, 0.15) is 5.56 Å². The molecule has 0 aromatic heterocycles. The number of sulfonamides is 1. The van der Waals surface area contributed by atoms with Gasteiger partial charge in [-0.25, -0.2) is 8.42 Å². The fourth-order valence-corrected chi connectivity index (χ4v) is 3.04. The molecule has 112 valence electrons. The molecule has 2 rings (SSSR count). The molecule has 0 amide bonds. The molecule has 2 aromatic carbocycles. The molecule has 0 bridgehead atoms. The second kappa shape index (κ2) is 5.69. The van der Waals surface area contributed by atoms with E-state index in [1.54, 1.807) is 18.2 Å². The average Bonchev–Trinajstić information content (AvgIpc) is 2.37. The fourth-order valence-electron chi connectivity index (χ4n) is 1.59. The predicted molar refractivity (Wildman–Crippen MR) is 76.4 cm³/mol. The standard InChI is InChI=1S/C13H9BrF3NO2S/c14-10-2-1-3-11(8-10)18-21(19,20)12-6-4-9(5-7-12)13(15,16)17/h1-8,18H. The highest BCUT2D eigenvalue weighted by atomic mass is 79.9. The quantitative estimate of drug-likeness (QED) is 0.865. The summed E-state index contributed by atoms with van der Waals surface area (Å²) in [6.45, 7) is 0. The molecule has 0 aliphatic heterocycles. The zero-order valence-electron chi connectivity index (χ0n) is 10.4. The predicted octanol–water partition coefficient (Wildman–Crippen LogP) is 4.27. The number of hydrogen-bond acceptors (Lipinski definition) is 2. The molecule has 2 aromatic rings. The summed E-state index contributed by atoms with van der Waals surface area (Å²) in [5, 5.41) is 0. The Morgan fingerprint density at radius 2 is 1.62 bits per heavy atom. The van der Waals surface area contributed by atoms with Crippen molar-refractivity contribution in [2.24, 2.45) is 0 Å². The molecule has 3 nitrogen and oxygen atoms in total. The molecule has 1 N–H and O–H groups in total. The van der Waals surface area contributed by atoms with E-state index in [1.807, 2.05) is 0 Å². The maximum absolute atomic E-state index is 12.4. The molecule has 0 aliphatic rings. The minimum Gasteiger partial charge on any atom is -0.280 e. The molecule has 21 heavy (non-hydrogen) atoms. The second-order valence-electron chi connectivity index (χ2n) is 4.14. The molecule has 0 heterocycles. The zero-order valence-corrected chi connectivity index (χ0v) is 12.8. The molecule has 0 radical (unpaired) electrons. The first-order chi connectivity index (χ1) is 9.68. The lowest BCUT2D eigenvalue weighted by Crippen LogP contribution is -2.13. The topological polar surface area (TPSA) is 46.2 Å². The van der Waals surface area contributed by atoms with Gasteiger partial charge in [0.15, 0.2) is 0 Å². The van der Waals surface area contributed by atoms with E-state index in [0.29, 0.717) is 10.2 Å². The van der Waals surface area contributed by atoms with Crippen molar-refractivity contribution in [3.8, 4) is 0 Å². The highest BCUT2D eigenvalue weighted by Gasteiger charge is 2.30. The van der Waals surface area contributed by atoms with Gasteiger partial charge in [-0.15, -0.1) is 0 Å². The third-order valence-corrected chi connectivity index (χ3v) is 4.46. The number of anilines is 1. The van der Waals surface area contributed by atoms with Gasteiger partial charge in [-0.1, -0.05) is 22.0 Å². The SMILES string of the molecule is O=S(=O)(Nc1cccc(Br)c1)c1ccc(C(F)(F)F)cc1. The Hall–Kier alpha value is -1.54. The molecular weight excluding hydrogens is 371 g/mol. The Balaban J connectivity index is 2.28. The van der Waals surface area contributed by atoms with Crippen LogP contribution in [0.4, 0.5) is 18.9 Å². The largest absolute Gasteiger partial charge is 0.416 e. The Labute approximate surface area is 128 Å². The summed E-state index contributed by atoms with van der Waals surface area (Å²) in [6, 6.07) is 9.73. The lowest BCUT2D eigenvalue weighted by Gasteiger charge is -2.10. The molecule has 0 saturated heterocycles. The highest BCUT2D eigenvalue weighted by molar-refractivity contribution is 9.10. The van der Waals surface area contributed by atoms with Crippen LogP contribution in [0.2, 0.25) is 0 Å². The number of benzene rings is 2. The normalized spacial score (nSPS) is 12.2. The first kappa shape index (κ1) is 15.8. The molecule has 0 saturated carbocycles. The van der Waals surface area contributed by atoms with Gasteiger partial charge in [0.2, 0.25) is 0 Å². The smallest absolute Gasteiger partial charge is 0.280 e. The molecular formula is C13H9BrF3NO2S. The van der Waals surface area contributed by atoms with E-state index in [-0.39, 0.29) is 4.90 Å². The third-order valence-electron chi connectivity index (χ3n) is 2.57. The van der Waals surface area contributed by atoms with Crippen LogP contribution >= 0.6 is 15.9 Å². The summed E-state index contributed by atoms with van der Waals surface area (Å²) >= 11 is 3.20. The van der Waals surface area contributed by atoms with E-state index in [1.165, 1.54) is 6.07 Å². The van der Waals surface area contributed by atoms with Crippen molar-refractivity contribution in [3.05, 3.63) is 58.6 Å². The Bertz CT molecular complexity index is 743. The van der Waals surface area contributed by atoms with Gasteiger partial charge >= 0.3 is 6.18 Å². The van der Waals surface area contributed by atoms with Crippen LogP contribution in [0.3, 0.4) is 0 Å². The van der Waals surface area contributed by atoms with E-state index in [2.05, 4.69) is 20.7 Å². The summed E-state index contributed by atoms with van der Waals surface area (Å²) in [7, 11) is -3.93. The van der Waals surface area contributed by atoms with Crippen molar-refractivity contribution in [1.29, 1.82) is 0 Å². The Morgan fingerprint density at radius 3 is 2.14 bits per heavy atom. The highest BCUT2D eigenvalue weighted by Crippen LogP contribution is 2.30. The van der Waals surface area contributed by atoms with Crippen molar-refractivity contribution >= 4 is 31.6 Å². The number of rotatable bonds is 3. The molecule has 0 atom stereocenters. The van der Waals surface area contributed by atoms with E-state index in [0.717, 1.165) is 24.3 Å². The van der Waals surface area contributed by atoms with Gasteiger partial charge in [0.1, 0.15) is 0 Å². The van der Waals surface area contributed by atoms with Crippen molar-refractivity contribution in [3.63, 3.8) is 0 Å². The van der Waals surface area contributed by atoms with E-state index >= 15 is 0 Å². The first-order valence-electron chi connectivity index (χ1n) is 5.64. The number of nitrogens with one attached hydrogen (secondary N) is 1. The van der Waals surface area contributed by atoms with Gasteiger partial charge in [0.05, 0.1) is 10.5 Å². The van der Waals surface area contributed by atoms with Crippen molar-refractivity contribution in [2.45, 2.75) is 11.1 Å². The molecule has 0 fully saturated rings. The lowest BCUT2D eigenvalue weighted by molar-refractivity contribution is -0.137. The monoisotopic (exact) mass is 379 g/mol. The van der Waals surface area contributed by atoms with E-state index < -0.39 is 21.8 Å². The zero-order chi connectivity index (χ0) is 15.7. The van der Waals surface area contributed by atoms with Gasteiger partial charge in [0, 0.05) is 10.2 Å². The molecule has 0 spiro atoms. The maximum Gasteiger partial charge on any atom is 0.416 e. The number of hydrogen-bond donors (Lipinski definition) is 1. The minimum absolute atomic E-state index is 0.240. The van der Waals surface area contributed by atoms with Crippen LogP contribution < -0.4 is 4.72 Å². The average molecular weight is 380 g/mol. The number of alkyl halides is 3. The fraction of sp³-hybridized carbons (Fsp3) is 0.0769. The second-order valence-corrected chi connectivity index (χ2v) is 6.74. The lowest BCUT2D eigenvalue weighted by atomic mass is 10.2. The molecule has 8 heteroatoms. The van der Waals surface area contributed by atoms with E-state index in [4.69, 9.17) is 0 Å². The van der Waals surface area contributed by atoms with Gasteiger partial charge in [-0.2, -0.15) is 13.2 Å². The van der Waals surface area contributed by atoms with Crippen LogP contribution in [0, 0.1) is 0 Å².